The number of carbonyl (C=O) groups is 1. The summed E-state index contributed by atoms with van der Waals surface area (Å²) >= 11 is 0. The molecule has 0 saturated carbocycles. The molecule has 1 amide bonds. The Kier molecular flexibility index (Phi) is 2.78. The molecule has 2 aromatic rings. The zero-order valence-electron chi connectivity index (χ0n) is 11.0. The average Bonchev–Trinajstić information content (AvgIpc) is 2.94. The summed E-state index contributed by atoms with van der Waals surface area (Å²) in [6.07, 6.45) is 1.00. The molecule has 19 heavy (non-hydrogen) atoms. The van der Waals surface area contributed by atoms with Crippen LogP contribution in [-0.4, -0.2) is 12.5 Å². The van der Waals surface area contributed by atoms with E-state index in [1.807, 2.05) is 25.1 Å². The molecule has 0 aliphatic carbocycles. The number of anilines is 2. The standard InChI is InChI=1S/C15H16N2O2/c1-9-7-13(10(2)19-9)15(18)17-12-3-4-14-11(8-12)5-6-16-14/h3-4,7-8,16H,5-6H2,1-2H3,(H,17,18). The number of rotatable bonds is 2. The van der Waals surface area contributed by atoms with Crippen molar-refractivity contribution >= 4 is 17.3 Å². The fourth-order valence-electron chi connectivity index (χ4n) is 2.44. The first kappa shape index (κ1) is 11.8. The van der Waals surface area contributed by atoms with Gasteiger partial charge in [0.2, 0.25) is 0 Å². The Morgan fingerprint density at radius 2 is 2.16 bits per heavy atom. The van der Waals surface area contributed by atoms with Crippen LogP contribution in [0.1, 0.15) is 27.4 Å². The molecule has 4 heteroatoms. The molecule has 98 valence electrons. The van der Waals surface area contributed by atoms with Crippen molar-refractivity contribution in [3.63, 3.8) is 0 Å². The molecule has 3 rings (SSSR count). The van der Waals surface area contributed by atoms with Gasteiger partial charge in [-0.05, 0) is 50.1 Å². The Morgan fingerprint density at radius 3 is 2.89 bits per heavy atom. The number of furan rings is 1. The van der Waals surface area contributed by atoms with Gasteiger partial charge in [0.25, 0.3) is 5.91 Å². The van der Waals surface area contributed by atoms with Crippen LogP contribution in [0.2, 0.25) is 0 Å². The van der Waals surface area contributed by atoms with Crippen LogP contribution < -0.4 is 10.6 Å². The first-order valence-corrected chi connectivity index (χ1v) is 6.38. The lowest BCUT2D eigenvalue weighted by molar-refractivity contribution is 0.102. The van der Waals surface area contributed by atoms with E-state index in [2.05, 4.69) is 10.6 Å². The van der Waals surface area contributed by atoms with Crippen LogP contribution >= 0.6 is 0 Å². The van der Waals surface area contributed by atoms with Gasteiger partial charge < -0.3 is 15.1 Å². The van der Waals surface area contributed by atoms with Gasteiger partial charge in [-0.15, -0.1) is 0 Å². The third kappa shape index (κ3) is 2.21. The number of aryl methyl sites for hydroxylation is 2. The van der Waals surface area contributed by atoms with Gasteiger partial charge in [0.1, 0.15) is 11.5 Å². The number of fused-ring (bicyclic) bond motifs is 1. The summed E-state index contributed by atoms with van der Waals surface area (Å²) < 4.78 is 5.38. The van der Waals surface area contributed by atoms with Crippen molar-refractivity contribution in [3.8, 4) is 0 Å². The lowest BCUT2D eigenvalue weighted by Crippen LogP contribution is -2.12. The second kappa shape index (κ2) is 4.46. The molecular weight excluding hydrogens is 240 g/mol. The number of amides is 1. The van der Waals surface area contributed by atoms with E-state index in [4.69, 9.17) is 4.42 Å². The first-order valence-electron chi connectivity index (χ1n) is 6.38. The highest BCUT2D eigenvalue weighted by Gasteiger charge is 2.15. The molecule has 1 aromatic carbocycles. The first-order chi connectivity index (χ1) is 9.13. The number of nitrogens with one attached hydrogen (secondary N) is 2. The van der Waals surface area contributed by atoms with Crippen LogP contribution in [0, 0.1) is 13.8 Å². The molecule has 2 N–H and O–H groups in total. The van der Waals surface area contributed by atoms with E-state index in [-0.39, 0.29) is 5.91 Å². The van der Waals surface area contributed by atoms with E-state index in [1.165, 1.54) is 5.56 Å². The molecule has 0 unspecified atom stereocenters. The average molecular weight is 256 g/mol. The van der Waals surface area contributed by atoms with Crippen molar-refractivity contribution in [2.75, 3.05) is 17.2 Å². The summed E-state index contributed by atoms with van der Waals surface area (Å²) in [5.74, 6) is 1.28. The molecule has 0 radical (unpaired) electrons. The van der Waals surface area contributed by atoms with Crippen LogP contribution in [0.5, 0.6) is 0 Å². The molecule has 1 aliphatic rings. The van der Waals surface area contributed by atoms with Gasteiger partial charge in [0.15, 0.2) is 0 Å². The minimum absolute atomic E-state index is 0.125. The Morgan fingerprint density at radius 1 is 1.32 bits per heavy atom. The fraction of sp³-hybridized carbons (Fsp3) is 0.267. The van der Waals surface area contributed by atoms with Crippen LogP contribution in [0.3, 0.4) is 0 Å². The maximum Gasteiger partial charge on any atom is 0.259 e. The Balaban J connectivity index is 1.81. The van der Waals surface area contributed by atoms with Crippen molar-refractivity contribution in [1.29, 1.82) is 0 Å². The third-order valence-electron chi connectivity index (χ3n) is 3.36. The maximum atomic E-state index is 12.2. The number of benzene rings is 1. The van der Waals surface area contributed by atoms with E-state index < -0.39 is 0 Å². The van der Waals surface area contributed by atoms with Crippen molar-refractivity contribution < 1.29 is 9.21 Å². The minimum atomic E-state index is -0.125. The predicted octanol–water partition coefficient (Wildman–Crippen LogP) is 3.12. The summed E-state index contributed by atoms with van der Waals surface area (Å²) in [6.45, 7) is 4.60. The molecule has 0 bridgehead atoms. The van der Waals surface area contributed by atoms with E-state index in [9.17, 15) is 4.79 Å². The zero-order valence-corrected chi connectivity index (χ0v) is 11.0. The van der Waals surface area contributed by atoms with Crippen molar-refractivity contribution in [1.82, 2.24) is 0 Å². The van der Waals surface area contributed by atoms with Crippen molar-refractivity contribution in [2.45, 2.75) is 20.3 Å². The summed E-state index contributed by atoms with van der Waals surface area (Å²) in [6, 6.07) is 7.71. The molecule has 1 aromatic heterocycles. The quantitative estimate of drug-likeness (QED) is 0.868. The van der Waals surface area contributed by atoms with Crippen LogP contribution in [0.15, 0.2) is 28.7 Å². The fourth-order valence-corrected chi connectivity index (χ4v) is 2.44. The third-order valence-corrected chi connectivity index (χ3v) is 3.36. The number of carbonyl (C=O) groups excluding carboxylic acids is 1. The van der Waals surface area contributed by atoms with Crippen molar-refractivity contribution in [3.05, 3.63) is 46.9 Å². The van der Waals surface area contributed by atoms with Crippen LogP contribution in [0.4, 0.5) is 11.4 Å². The minimum Gasteiger partial charge on any atom is -0.466 e. The van der Waals surface area contributed by atoms with Gasteiger partial charge in [-0.1, -0.05) is 0 Å². The second-order valence-corrected chi connectivity index (χ2v) is 4.83. The summed E-state index contributed by atoms with van der Waals surface area (Å²) in [5, 5.41) is 6.21. The van der Waals surface area contributed by atoms with E-state index in [0.717, 1.165) is 30.1 Å². The van der Waals surface area contributed by atoms with E-state index in [1.54, 1.807) is 13.0 Å². The monoisotopic (exact) mass is 256 g/mol. The zero-order chi connectivity index (χ0) is 13.4. The molecule has 2 heterocycles. The normalized spacial score (nSPS) is 12.9. The highest BCUT2D eigenvalue weighted by molar-refractivity contribution is 6.05. The lowest BCUT2D eigenvalue weighted by atomic mass is 10.1. The van der Waals surface area contributed by atoms with Gasteiger partial charge in [-0.3, -0.25) is 4.79 Å². The smallest absolute Gasteiger partial charge is 0.259 e. The highest BCUT2D eigenvalue weighted by atomic mass is 16.3. The predicted molar refractivity (Wildman–Crippen MR) is 74.8 cm³/mol. The van der Waals surface area contributed by atoms with Crippen LogP contribution in [0.25, 0.3) is 0 Å². The van der Waals surface area contributed by atoms with E-state index >= 15 is 0 Å². The highest BCUT2D eigenvalue weighted by Crippen LogP contribution is 2.26. The topological polar surface area (TPSA) is 54.3 Å². The SMILES string of the molecule is Cc1cc(C(=O)Nc2ccc3c(c2)CCN3)c(C)o1. The van der Waals surface area contributed by atoms with Gasteiger partial charge in [-0.2, -0.15) is 0 Å². The molecule has 1 aliphatic heterocycles. The second-order valence-electron chi connectivity index (χ2n) is 4.83. The Bertz CT molecular complexity index is 644. The largest absolute Gasteiger partial charge is 0.466 e. The van der Waals surface area contributed by atoms with Gasteiger partial charge >= 0.3 is 0 Å². The molecule has 4 nitrogen and oxygen atoms in total. The van der Waals surface area contributed by atoms with Gasteiger partial charge in [0, 0.05) is 17.9 Å². The lowest BCUT2D eigenvalue weighted by Gasteiger charge is -2.06. The Labute approximate surface area is 111 Å². The van der Waals surface area contributed by atoms with Crippen molar-refractivity contribution in [2.24, 2.45) is 0 Å². The van der Waals surface area contributed by atoms with E-state index in [0.29, 0.717) is 11.3 Å². The molecule has 0 spiro atoms. The number of hydrogen-bond donors (Lipinski definition) is 2. The molecular formula is C15H16N2O2. The summed E-state index contributed by atoms with van der Waals surface area (Å²) in [4.78, 5) is 12.2. The molecule has 0 saturated heterocycles. The number of hydrogen-bond acceptors (Lipinski definition) is 3. The maximum absolute atomic E-state index is 12.2. The molecule has 0 fully saturated rings. The molecule has 0 atom stereocenters. The summed E-state index contributed by atoms with van der Waals surface area (Å²) in [5.41, 5.74) is 3.83. The Hall–Kier alpha value is -2.23. The van der Waals surface area contributed by atoms with Gasteiger partial charge in [0.05, 0.1) is 5.56 Å². The summed E-state index contributed by atoms with van der Waals surface area (Å²) in [7, 11) is 0. The van der Waals surface area contributed by atoms with Gasteiger partial charge in [-0.25, -0.2) is 0 Å². The van der Waals surface area contributed by atoms with Crippen LogP contribution in [-0.2, 0) is 6.42 Å².